The monoisotopic (exact) mass is 266 g/mol. The van der Waals surface area contributed by atoms with Crippen molar-refractivity contribution >= 4 is 11.8 Å². The van der Waals surface area contributed by atoms with Gasteiger partial charge in [-0.05, 0) is 44.8 Å². The van der Waals surface area contributed by atoms with E-state index < -0.39 is 0 Å². The van der Waals surface area contributed by atoms with E-state index in [-0.39, 0.29) is 0 Å². The Morgan fingerprint density at radius 1 is 1.11 bits per heavy atom. The molecular formula is C15H26N2S. The number of hydrogen-bond acceptors (Lipinski definition) is 3. The second-order valence-electron chi connectivity index (χ2n) is 5.63. The van der Waals surface area contributed by atoms with E-state index in [4.69, 9.17) is 6.42 Å². The normalized spacial score (nSPS) is 31.1. The zero-order valence-electron chi connectivity index (χ0n) is 11.5. The highest BCUT2D eigenvalue weighted by Crippen LogP contribution is 2.27. The van der Waals surface area contributed by atoms with Gasteiger partial charge in [-0.15, -0.1) is 6.42 Å². The molecule has 0 amide bonds. The van der Waals surface area contributed by atoms with Gasteiger partial charge in [-0.2, -0.15) is 11.8 Å². The van der Waals surface area contributed by atoms with E-state index in [0.29, 0.717) is 0 Å². The van der Waals surface area contributed by atoms with Crippen LogP contribution in [0.1, 0.15) is 38.5 Å². The molecule has 0 aromatic heterocycles. The summed E-state index contributed by atoms with van der Waals surface area (Å²) in [6, 6.07) is 1.51. The number of nitrogens with one attached hydrogen (secondary N) is 1. The van der Waals surface area contributed by atoms with Crippen molar-refractivity contribution in [1.29, 1.82) is 0 Å². The molecule has 2 aliphatic rings. The molecule has 0 unspecified atom stereocenters. The van der Waals surface area contributed by atoms with E-state index in [1.54, 1.807) is 0 Å². The summed E-state index contributed by atoms with van der Waals surface area (Å²) in [7, 11) is 0. The van der Waals surface area contributed by atoms with Gasteiger partial charge in [-0.25, -0.2) is 0 Å². The van der Waals surface area contributed by atoms with Gasteiger partial charge in [-0.1, -0.05) is 5.92 Å². The average molecular weight is 266 g/mol. The molecule has 1 heterocycles. The molecule has 0 aromatic rings. The van der Waals surface area contributed by atoms with Gasteiger partial charge in [-0.3, -0.25) is 4.90 Å². The maximum atomic E-state index is 5.36. The van der Waals surface area contributed by atoms with Gasteiger partial charge in [0, 0.05) is 30.4 Å². The van der Waals surface area contributed by atoms with E-state index >= 15 is 0 Å². The first kappa shape index (κ1) is 14.2. The van der Waals surface area contributed by atoms with Gasteiger partial charge >= 0.3 is 0 Å². The third-order valence-corrected chi connectivity index (χ3v) is 5.52. The lowest BCUT2D eigenvalue weighted by Crippen LogP contribution is -2.47. The number of hydrogen-bond donors (Lipinski definition) is 1. The highest BCUT2D eigenvalue weighted by molar-refractivity contribution is 7.99. The molecule has 1 aliphatic heterocycles. The molecule has 0 bridgehead atoms. The highest BCUT2D eigenvalue weighted by atomic mass is 32.2. The van der Waals surface area contributed by atoms with Crippen molar-refractivity contribution in [3.63, 3.8) is 0 Å². The number of piperidine rings is 1. The van der Waals surface area contributed by atoms with E-state index in [1.165, 1.54) is 51.6 Å². The number of terminal acetylenes is 1. The lowest BCUT2D eigenvalue weighted by atomic mass is 9.93. The fourth-order valence-electron chi connectivity index (χ4n) is 3.19. The van der Waals surface area contributed by atoms with E-state index in [2.05, 4.69) is 22.4 Å². The Morgan fingerprint density at radius 3 is 2.28 bits per heavy atom. The number of likely N-dealkylation sites (tertiary alicyclic amines) is 1. The van der Waals surface area contributed by atoms with Crippen LogP contribution in [0.3, 0.4) is 0 Å². The van der Waals surface area contributed by atoms with Crippen LogP contribution in [0.5, 0.6) is 0 Å². The minimum atomic E-state index is 0.731. The van der Waals surface area contributed by atoms with E-state index in [1.807, 2.05) is 11.8 Å². The van der Waals surface area contributed by atoms with Crippen LogP contribution in [0.2, 0.25) is 0 Å². The standard InChI is InChI=1S/C15H26N2S/c1-3-10-17-11-8-14(9-12-17)16-13-4-6-15(18-2)7-5-13/h1,13-16H,4-12H2,2H3. The fourth-order valence-corrected chi connectivity index (χ4v) is 3.93. The first-order chi connectivity index (χ1) is 8.81. The van der Waals surface area contributed by atoms with Crippen molar-refractivity contribution in [2.75, 3.05) is 25.9 Å². The molecule has 0 radical (unpaired) electrons. The molecule has 2 fully saturated rings. The van der Waals surface area contributed by atoms with Crippen molar-refractivity contribution in [2.24, 2.45) is 0 Å². The summed E-state index contributed by atoms with van der Waals surface area (Å²) in [5.74, 6) is 2.75. The first-order valence-electron chi connectivity index (χ1n) is 7.26. The first-order valence-corrected chi connectivity index (χ1v) is 8.55. The van der Waals surface area contributed by atoms with Crippen molar-refractivity contribution in [3.8, 4) is 12.3 Å². The zero-order chi connectivity index (χ0) is 12.8. The maximum Gasteiger partial charge on any atom is 0.0598 e. The Bertz CT molecular complexity index is 271. The van der Waals surface area contributed by atoms with E-state index in [9.17, 15) is 0 Å². The van der Waals surface area contributed by atoms with Gasteiger partial charge in [0.1, 0.15) is 0 Å². The summed E-state index contributed by atoms with van der Waals surface area (Å²) >= 11 is 2.05. The number of rotatable bonds is 4. The van der Waals surface area contributed by atoms with Crippen LogP contribution in [0.25, 0.3) is 0 Å². The van der Waals surface area contributed by atoms with Crippen LogP contribution in [-0.2, 0) is 0 Å². The minimum Gasteiger partial charge on any atom is -0.311 e. The van der Waals surface area contributed by atoms with Gasteiger partial charge < -0.3 is 5.32 Å². The summed E-state index contributed by atoms with van der Waals surface area (Å²) in [5.41, 5.74) is 0. The predicted octanol–water partition coefficient (Wildman–Crippen LogP) is 2.35. The molecule has 0 atom stereocenters. The Morgan fingerprint density at radius 2 is 1.72 bits per heavy atom. The third-order valence-electron chi connectivity index (χ3n) is 4.38. The predicted molar refractivity (Wildman–Crippen MR) is 81.0 cm³/mol. The van der Waals surface area contributed by atoms with E-state index in [0.717, 1.165) is 23.9 Å². The SMILES string of the molecule is C#CCN1CCC(NC2CCC(SC)CC2)CC1. The molecule has 1 aliphatic carbocycles. The summed E-state index contributed by atoms with van der Waals surface area (Å²) < 4.78 is 0. The molecule has 2 rings (SSSR count). The molecule has 0 spiro atoms. The molecular weight excluding hydrogens is 240 g/mol. The summed E-state index contributed by atoms with van der Waals surface area (Å²) in [6.45, 7) is 3.16. The molecule has 3 heteroatoms. The van der Waals surface area contributed by atoms with Crippen molar-refractivity contribution in [1.82, 2.24) is 10.2 Å². The van der Waals surface area contributed by atoms with Crippen LogP contribution in [-0.4, -0.2) is 48.1 Å². The van der Waals surface area contributed by atoms with Crippen LogP contribution in [0, 0.1) is 12.3 Å². The lowest BCUT2D eigenvalue weighted by Gasteiger charge is -2.36. The Labute approximate surface area is 116 Å². The quantitative estimate of drug-likeness (QED) is 0.786. The second kappa shape index (κ2) is 7.43. The second-order valence-corrected chi connectivity index (χ2v) is 6.77. The molecule has 1 saturated carbocycles. The summed E-state index contributed by atoms with van der Waals surface area (Å²) in [5, 5.41) is 4.79. The van der Waals surface area contributed by atoms with Crippen molar-refractivity contribution in [3.05, 3.63) is 0 Å². The van der Waals surface area contributed by atoms with Gasteiger partial charge in [0.15, 0.2) is 0 Å². The lowest BCUT2D eigenvalue weighted by molar-refractivity contribution is 0.201. The summed E-state index contributed by atoms with van der Waals surface area (Å²) in [6.07, 6.45) is 15.7. The Balaban J connectivity index is 1.65. The minimum absolute atomic E-state index is 0.731. The molecule has 1 saturated heterocycles. The van der Waals surface area contributed by atoms with Crippen molar-refractivity contribution < 1.29 is 0 Å². The van der Waals surface area contributed by atoms with Gasteiger partial charge in [0.25, 0.3) is 0 Å². The van der Waals surface area contributed by atoms with Crippen molar-refractivity contribution in [2.45, 2.75) is 55.9 Å². The van der Waals surface area contributed by atoms with Crippen LogP contribution < -0.4 is 5.32 Å². The van der Waals surface area contributed by atoms with Crippen LogP contribution in [0.4, 0.5) is 0 Å². The number of thioether (sulfide) groups is 1. The third kappa shape index (κ3) is 4.19. The zero-order valence-corrected chi connectivity index (χ0v) is 12.3. The molecule has 102 valence electrons. The highest BCUT2D eigenvalue weighted by Gasteiger charge is 2.24. The number of nitrogens with zero attached hydrogens (tertiary/aromatic N) is 1. The Hall–Kier alpha value is -0.170. The molecule has 0 aromatic carbocycles. The van der Waals surface area contributed by atoms with Crippen LogP contribution in [0.15, 0.2) is 0 Å². The largest absolute Gasteiger partial charge is 0.311 e. The topological polar surface area (TPSA) is 15.3 Å². The Kier molecular flexibility index (Phi) is 5.88. The fraction of sp³-hybridized carbons (Fsp3) is 0.867. The maximum absolute atomic E-state index is 5.36. The summed E-state index contributed by atoms with van der Waals surface area (Å²) in [4.78, 5) is 2.39. The van der Waals surface area contributed by atoms with Gasteiger partial charge in [0.2, 0.25) is 0 Å². The smallest absolute Gasteiger partial charge is 0.0598 e. The molecule has 18 heavy (non-hydrogen) atoms. The molecule has 1 N–H and O–H groups in total. The molecule has 2 nitrogen and oxygen atoms in total. The van der Waals surface area contributed by atoms with Crippen LogP contribution >= 0.6 is 11.8 Å². The average Bonchev–Trinajstić information content (AvgIpc) is 2.42. The van der Waals surface area contributed by atoms with Gasteiger partial charge in [0.05, 0.1) is 6.54 Å².